The Balaban J connectivity index is 1.37. The highest BCUT2D eigenvalue weighted by molar-refractivity contribution is 7.89. The van der Waals surface area contributed by atoms with Crippen LogP contribution in [0.4, 0.5) is 4.79 Å². The second kappa shape index (κ2) is 14.7. The smallest absolute Gasteiger partial charge is 0.407 e. The molecular formula is C32H44N2O10S. The van der Waals surface area contributed by atoms with E-state index in [9.17, 15) is 23.4 Å². The van der Waals surface area contributed by atoms with Crippen molar-refractivity contribution >= 4 is 16.1 Å². The molecule has 13 heteroatoms. The minimum absolute atomic E-state index is 0.00347. The Morgan fingerprint density at radius 3 is 2.67 bits per heavy atom. The molecule has 0 aromatic heterocycles. The summed E-state index contributed by atoms with van der Waals surface area (Å²) in [7, 11) is -4.13. The number of ether oxygens (including phenoxy) is 5. The van der Waals surface area contributed by atoms with Gasteiger partial charge in [0.1, 0.15) is 6.10 Å². The van der Waals surface area contributed by atoms with Crippen LogP contribution in [0, 0.1) is 11.3 Å². The normalized spacial score (nSPS) is 22.3. The summed E-state index contributed by atoms with van der Waals surface area (Å²) in [5.74, 6) is 0.734. The maximum absolute atomic E-state index is 14.2. The van der Waals surface area contributed by atoms with Crippen molar-refractivity contribution in [2.45, 2.75) is 75.4 Å². The van der Waals surface area contributed by atoms with Crippen LogP contribution in [0.2, 0.25) is 0 Å². The average molecular weight is 649 g/mol. The summed E-state index contributed by atoms with van der Waals surface area (Å²) in [6.07, 6.45) is 0.0635. The molecule has 0 saturated carbocycles. The lowest BCUT2D eigenvalue weighted by Gasteiger charge is -2.35. The molecule has 2 saturated heterocycles. The third-order valence-corrected chi connectivity index (χ3v) is 10.4. The van der Waals surface area contributed by atoms with E-state index in [0.717, 1.165) is 12.0 Å². The number of aliphatic hydroxyl groups is 2. The van der Waals surface area contributed by atoms with Crippen LogP contribution in [0.5, 0.6) is 11.5 Å². The van der Waals surface area contributed by atoms with E-state index >= 15 is 0 Å². The van der Waals surface area contributed by atoms with Gasteiger partial charge in [-0.05, 0) is 48.8 Å². The average Bonchev–Trinajstić information content (AvgIpc) is 3.75. The Kier molecular flexibility index (Phi) is 10.9. The SMILES string of the molecule is CC(C)(CCCCO)CN(CC(O)C(Cc1ccccc1)NC(=O)OC1COC2OCCC12)S(=O)(=O)c1ccc2c(c1)OCO2. The Hall–Kier alpha value is -2.94. The Labute approximate surface area is 264 Å². The first kappa shape index (κ1) is 33.4. The van der Waals surface area contributed by atoms with E-state index in [1.807, 2.05) is 44.2 Å². The summed E-state index contributed by atoms with van der Waals surface area (Å²) >= 11 is 0. The first-order valence-corrected chi connectivity index (χ1v) is 16.9. The standard InChI is InChI=1S/C32H44N2O10S/c1-32(2,13-6-7-14-35)20-34(45(38,39)23-10-11-27-28(17-23)43-21-42-27)18-26(36)25(16-22-8-4-3-5-9-22)33-31(37)44-29-19-41-30-24(29)12-15-40-30/h3-5,8-11,17,24-26,29-30,35-36H,6-7,12-16,18-21H2,1-2H3,(H,33,37). The molecule has 45 heavy (non-hydrogen) atoms. The number of benzene rings is 2. The van der Waals surface area contributed by atoms with Gasteiger partial charge in [-0.1, -0.05) is 50.6 Å². The van der Waals surface area contributed by atoms with Crippen molar-refractivity contribution in [1.82, 2.24) is 9.62 Å². The molecule has 3 N–H and O–H groups in total. The van der Waals surface area contributed by atoms with E-state index in [-0.39, 0.29) is 56.6 Å². The largest absolute Gasteiger partial charge is 0.454 e. The van der Waals surface area contributed by atoms with Crippen LogP contribution in [0.3, 0.4) is 0 Å². The first-order valence-electron chi connectivity index (χ1n) is 15.5. The highest BCUT2D eigenvalue weighted by Gasteiger charge is 2.44. The molecule has 2 aromatic rings. The summed E-state index contributed by atoms with van der Waals surface area (Å²) in [6, 6.07) is 12.9. The van der Waals surface area contributed by atoms with E-state index in [2.05, 4.69) is 5.32 Å². The monoisotopic (exact) mass is 648 g/mol. The highest BCUT2D eigenvalue weighted by atomic mass is 32.2. The van der Waals surface area contributed by atoms with Crippen molar-refractivity contribution in [1.29, 1.82) is 0 Å². The van der Waals surface area contributed by atoms with Crippen molar-refractivity contribution in [3.63, 3.8) is 0 Å². The fourth-order valence-corrected chi connectivity index (χ4v) is 7.73. The fourth-order valence-electron chi connectivity index (χ4n) is 6.06. The molecule has 2 fully saturated rings. The van der Waals surface area contributed by atoms with Gasteiger partial charge >= 0.3 is 6.09 Å². The highest BCUT2D eigenvalue weighted by Crippen LogP contribution is 2.36. The molecular weight excluding hydrogens is 604 g/mol. The number of carbonyl (C=O) groups excluding carboxylic acids is 1. The van der Waals surface area contributed by atoms with Crippen LogP contribution in [0.1, 0.15) is 45.1 Å². The Bertz CT molecular complexity index is 1390. The van der Waals surface area contributed by atoms with Crippen LogP contribution >= 0.6 is 0 Å². The van der Waals surface area contributed by atoms with Gasteiger partial charge in [0, 0.05) is 25.8 Å². The number of amides is 1. The van der Waals surface area contributed by atoms with Gasteiger partial charge in [-0.3, -0.25) is 0 Å². The minimum Gasteiger partial charge on any atom is -0.454 e. The molecule has 5 atom stereocenters. The minimum atomic E-state index is -4.13. The molecule has 0 bridgehead atoms. The van der Waals surface area contributed by atoms with Crippen molar-refractivity contribution in [2.75, 3.05) is 39.7 Å². The predicted molar refractivity (Wildman–Crippen MR) is 163 cm³/mol. The molecule has 5 unspecified atom stereocenters. The summed E-state index contributed by atoms with van der Waals surface area (Å²) in [5, 5.41) is 23.8. The summed E-state index contributed by atoms with van der Waals surface area (Å²) < 4.78 is 57.2. The van der Waals surface area contributed by atoms with Crippen LogP contribution < -0.4 is 14.8 Å². The number of fused-ring (bicyclic) bond motifs is 2. The van der Waals surface area contributed by atoms with Crippen LogP contribution in [0.25, 0.3) is 0 Å². The Morgan fingerprint density at radius 1 is 1.11 bits per heavy atom. The zero-order chi connectivity index (χ0) is 32.0. The van der Waals surface area contributed by atoms with Crippen LogP contribution in [0.15, 0.2) is 53.4 Å². The number of hydrogen-bond acceptors (Lipinski definition) is 10. The van der Waals surface area contributed by atoms with E-state index in [4.69, 9.17) is 23.7 Å². The molecule has 0 spiro atoms. The van der Waals surface area contributed by atoms with E-state index in [1.54, 1.807) is 6.07 Å². The van der Waals surface area contributed by atoms with Crippen molar-refractivity contribution < 1.29 is 47.1 Å². The zero-order valence-corrected chi connectivity index (χ0v) is 26.6. The second-order valence-electron chi connectivity index (χ2n) is 12.6. The number of sulfonamides is 1. The van der Waals surface area contributed by atoms with Gasteiger partial charge in [-0.25, -0.2) is 13.2 Å². The number of hydrogen-bond donors (Lipinski definition) is 3. The molecule has 1 amide bonds. The van der Waals surface area contributed by atoms with Crippen molar-refractivity contribution in [2.24, 2.45) is 11.3 Å². The van der Waals surface area contributed by atoms with Crippen LogP contribution in [-0.2, 0) is 30.7 Å². The summed E-state index contributed by atoms with van der Waals surface area (Å²) in [6.45, 7) is 4.54. The zero-order valence-electron chi connectivity index (χ0n) is 25.8. The molecule has 3 aliphatic rings. The van der Waals surface area contributed by atoms with E-state index in [1.165, 1.54) is 16.4 Å². The molecule has 0 aliphatic carbocycles. The van der Waals surface area contributed by atoms with Gasteiger partial charge in [0.25, 0.3) is 0 Å². The number of rotatable bonds is 15. The lowest BCUT2D eigenvalue weighted by atomic mass is 9.87. The molecule has 5 rings (SSSR count). The number of carbonyl (C=O) groups is 1. The van der Waals surface area contributed by atoms with Gasteiger partial charge in [0.15, 0.2) is 17.8 Å². The lowest BCUT2D eigenvalue weighted by Crippen LogP contribution is -2.52. The number of aliphatic hydroxyl groups excluding tert-OH is 2. The third kappa shape index (κ3) is 8.46. The van der Waals surface area contributed by atoms with Gasteiger partial charge < -0.3 is 39.2 Å². The summed E-state index contributed by atoms with van der Waals surface area (Å²) in [4.78, 5) is 13.2. The van der Waals surface area contributed by atoms with Crippen LogP contribution in [-0.4, -0.2) is 93.3 Å². The third-order valence-electron chi connectivity index (χ3n) is 8.55. The lowest BCUT2D eigenvalue weighted by molar-refractivity contribution is -0.0907. The molecule has 2 aromatic carbocycles. The number of nitrogens with zero attached hydrogens (tertiary/aromatic N) is 1. The summed E-state index contributed by atoms with van der Waals surface area (Å²) in [5.41, 5.74) is 0.368. The Morgan fingerprint density at radius 2 is 1.89 bits per heavy atom. The van der Waals surface area contributed by atoms with Crippen molar-refractivity contribution in [3.8, 4) is 11.5 Å². The number of nitrogens with one attached hydrogen (secondary N) is 1. The van der Waals surface area contributed by atoms with Gasteiger partial charge in [-0.2, -0.15) is 4.31 Å². The quantitative estimate of drug-likeness (QED) is 0.246. The van der Waals surface area contributed by atoms with Gasteiger partial charge in [0.2, 0.25) is 16.8 Å². The van der Waals surface area contributed by atoms with E-state index in [0.29, 0.717) is 37.4 Å². The maximum Gasteiger partial charge on any atom is 0.407 e. The molecule has 0 radical (unpaired) electrons. The second-order valence-corrected chi connectivity index (χ2v) is 14.6. The first-order chi connectivity index (χ1) is 21.6. The number of alkyl carbamates (subject to hydrolysis) is 1. The van der Waals surface area contributed by atoms with Crippen molar-refractivity contribution in [3.05, 3.63) is 54.1 Å². The number of unbranched alkanes of at least 4 members (excludes halogenated alkanes) is 1. The van der Waals surface area contributed by atoms with Gasteiger partial charge in [-0.15, -0.1) is 0 Å². The topological polar surface area (TPSA) is 153 Å². The van der Waals surface area contributed by atoms with E-state index < -0.39 is 39.8 Å². The molecule has 3 aliphatic heterocycles. The molecule has 248 valence electrons. The fraction of sp³-hybridized carbons (Fsp3) is 0.594. The predicted octanol–water partition coefficient (Wildman–Crippen LogP) is 3.05. The van der Waals surface area contributed by atoms with Gasteiger partial charge in [0.05, 0.1) is 36.2 Å². The molecule has 12 nitrogen and oxygen atoms in total. The maximum atomic E-state index is 14.2. The molecule has 3 heterocycles.